The smallest absolute Gasteiger partial charge is 0.138 e. The molecule has 2 rings (SSSR count). The van der Waals surface area contributed by atoms with Crippen molar-refractivity contribution in [2.45, 2.75) is 39.7 Å². The number of anilines is 2. The normalized spacial score (nSPS) is 11.7. The van der Waals surface area contributed by atoms with Gasteiger partial charge in [-0.15, -0.1) is 0 Å². The molecule has 0 radical (unpaired) electrons. The Hall–Kier alpha value is -2.11. The van der Waals surface area contributed by atoms with E-state index in [1.807, 2.05) is 24.7 Å². The molecule has 20 heavy (non-hydrogen) atoms. The fourth-order valence-corrected chi connectivity index (χ4v) is 1.79. The monoisotopic (exact) mass is 274 g/mol. The zero-order chi connectivity index (χ0) is 14.9. The van der Waals surface area contributed by atoms with Crippen LogP contribution in [0.3, 0.4) is 0 Å². The van der Waals surface area contributed by atoms with Gasteiger partial charge in [0, 0.05) is 24.2 Å². The van der Waals surface area contributed by atoms with Crippen LogP contribution in [0.15, 0.2) is 12.3 Å². The van der Waals surface area contributed by atoms with Crippen molar-refractivity contribution in [2.75, 3.05) is 11.1 Å². The zero-order valence-electron chi connectivity index (χ0n) is 12.7. The standard InChI is InChI=1S/C14H22N6/c1-9-11(15)18-13(14(2,3)4)19-12(9)16-8-10-6-7-17-20(10)5/h6-7H,8H2,1-5H3,(H3,15,16,18,19). The van der Waals surface area contributed by atoms with E-state index in [-0.39, 0.29) is 5.41 Å². The van der Waals surface area contributed by atoms with E-state index >= 15 is 0 Å². The van der Waals surface area contributed by atoms with Gasteiger partial charge in [-0.25, -0.2) is 9.97 Å². The maximum absolute atomic E-state index is 5.99. The average molecular weight is 274 g/mol. The molecule has 0 bridgehead atoms. The molecule has 3 N–H and O–H groups in total. The minimum Gasteiger partial charge on any atom is -0.383 e. The minimum absolute atomic E-state index is 0.134. The molecule has 108 valence electrons. The Morgan fingerprint density at radius 2 is 2.00 bits per heavy atom. The molecule has 0 saturated carbocycles. The molecule has 0 amide bonds. The Bertz CT molecular complexity index is 609. The highest BCUT2D eigenvalue weighted by atomic mass is 15.3. The van der Waals surface area contributed by atoms with Crippen LogP contribution in [0.5, 0.6) is 0 Å². The number of nitrogens with two attached hydrogens (primary N) is 1. The molecular weight excluding hydrogens is 252 g/mol. The first-order valence-electron chi connectivity index (χ1n) is 6.64. The molecule has 0 spiro atoms. The lowest BCUT2D eigenvalue weighted by atomic mass is 9.95. The van der Waals surface area contributed by atoms with Crippen LogP contribution in [0.4, 0.5) is 11.6 Å². The fourth-order valence-electron chi connectivity index (χ4n) is 1.79. The molecule has 0 atom stereocenters. The summed E-state index contributed by atoms with van der Waals surface area (Å²) in [4.78, 5) is 8.98. The van der Waals surface area contributed by atoms with Crippen LogP contribution in [-0.2, 0) is 19.0 Å². The molecule has 0 unspecified atom stereocenters. The van der Waals surface area contributed by atoms with E-state index < -0.39 is 0 Å². The Morgan fingerprint density at radius 1 is 1.30 bits per heavy atom. The summed E-state index contributed by atoms with van der Waals surface area (Å²) in [5, 5.41) is 7.46. The van der Waals surface area contributed by atoms with Gasteiger partial charge in [0.25, 0.3) is 0 Å². The van der Waals surface area contributed by atoms with E-state index in [2.05, 4.69) is 41.2 Å². The maximum atomic E-state index is 5.99. The van der Waals surface area contributed by atoms with Crippen LogP contribution in [0.25, 0.3) is 0 Å². The number of aryl methyl sites for hydroxylation is 1. The molecule has 0 fully saturated rings. The molecule has 0 aliphatic rings. The SMILES string of the molecule is Cc1c(N)nc(C(C)(C)C)nc1NCc1ccnn1C. The molecular formula is C14H22N6. The molecule has 6 heteroatoms. The van der Waals surface area contributed by atoms with E-state index in [4.69, 9.17) is 5.73 Å². The maximum Gasteiger partial charge on any atom is 0.138 e. The summed E-state index contributed by atoms with van der Waals surface area (Å²) in [5.41, 5.74) is 7.81. The highest BCUT2D eigenvalue weighted by molar-refractivity contribution is 5.55. The zero-order valence-corrected chi connectivity index (χ0v) is 12.7. The molecule has 2 aromatic rings. The van der Waals surface area contributed by atoms with Crippen molar-refractivity contribution in [3.05, 3.63) is 29.3 Å². The summed E-state index contributed by atoms with van der Waals surface area (Å²) >= 11 is 0. The summed E-state index contributed by atoms with van der Waals surface area (Å²) < 4.78 is 1.83. The number of nitrogens with one attached hydrogen (secondary N) is 1. The number of hydrogen-bond donors (Lipinski definition) is 2. The van der Waals surface area contributed by atoms with Crippen LogP contribution >= 0.6 is 0 Å². The van der Waals surface area contributed by atoms with Gasteiger partial charge in [0.2, 0.25) is 0 Å². The van der Waals surface area contributed by atoms with Gasteiger partial charge in [-0.05, 0) is 13.0 Å². The Balaban J connectivity index is 2.27. The van der Waals surface area contributed by atoms with Crippen molar-refractivity contribution in [2.24, 2.45) is 7.05 Å². The molecule has 0 aliphatic carbocycles. The summed E-state index contributed by atoms with van der Waals surface area (Å²) in [7, 11) is 1.92. The second-order valence-electron chi connectivity index (χ2n) is 5.96. The quantitative estimate of drug-likeness (QED) is 0.894. The van der Waals surface area contributed by atoms with Crippen molar-refractivity contribution >= 4 is 11.6 Å². The second-order valence-corrected chi connectivity index (χ2v) is 5.96. The van der Waals surface area contributed by atoms with Gasteiger partial charge >= 0.3 is 0 Å². The first kappa shape index (κ1) is 14.3. The third kappa shape index (κ3) is 2.89. The van der Waals surface area contributed by atoms with Crippen molar-refractivity contribution in [3.63, 3.8) is 0 Å². The van der Waals surface area contributed by atoms with Gasteiger partial charge in [0.05, 0.1) is 12.2 Å². The van der Waals surface area contributed by atoms with Crippen molar-refractivity contribution < 1.29 is 0 Å². The minimum atomic E-state index is -0.134. The lowest BCUT2D eigenvalue weighted by Crippen LogP contribution is -2.19. The van der Waals surface area contributed by atoms with Crippen molar-refractivity contribution in [3.8, 4) is 0 Å². The summed E-state index contributed by atoms with van der Waals surface area (Å²) in [6, 6.07) is 1.97. The summed E-state index contributed by atoms with van der Waals surface area (Å²) in [6.45, 7) is 8.79. The molecule has 2 heterocycles. The van der Waals surface area contributed by atoms with Crippen LogP contribution in [0.2, 0.25) is 0 Å². The first-order valence-corrected chi connectivity index (χ1v) is 6.64. The largest absolute Gasteiger partial charge is 0.383 e. The predicted molar refractivity (Wildman–Crippen MR) is 80.4 cm³/mol. The Kier molecular flexibility index (Phi) is 3.65. The van der Waals surface area contributed by atoms with E-state index in [1.165, 1.54) is 0 Å². The van der Waals surface area contributed by atoms with Gasteiger partial charge in [-0.2, -0.15) is 5.10 Å². The van der Waals surface area contributed by atoms with E-state index in [0.717, 1.165) is 22.9 Å². The summed E-state index contributed by atoms with van der Waals surface area (Å²) in [5.74, 6) is 2.05. The third-order valence-corrected chi connectivity index (χ3v) is 3.21. The number of rotatable bonds is 3. The Morgan fingerprint density at radius 3 is 2.55 bits per heavy atom. The number of nitrogens with zero attached hydrogens (tertiary/aromatic N) is 4. The molecule has 0 aromatic carbocycles. The summed E-state index contributed by atoms with van der Waals surface area (Å²) in [6.07, 6.45) is 1.78. The van der Waals surface area contributed by atoms with Gasteiger partial charge in [0.1, 0.15) is 17.5 Å². The van der Waals surface area contributed by atoms with Gasteiger partial charge in [-0.3, -0.25) is 4.68 Å². The molecule has 0 aliphatic heterocycles. The number of hydrogen-bond acceptors (Lipinski definition) is 5. The number of aromatic nitrogens is 4. The highest BCUT2D eigenvalue weighted by Crippen LogP contribution is 2.24. The molecule has 0 saturated heterocycles. The third-order valence-electron chi connectivity index (χ3n) is 3.21. The van der Waals surface area contributed by atoms with Crippen LogP contribution in [0.1, 0.15) is 37.9 Å². The molecule has 6 nitrogen and oxygen atoms in total. The first-order chi connectivity index (χ1) is 9.29. The van der Waals surface area contributed by atoms with E-state index in [0.29, 0.717) is 12.4 Å². The highest BCUT2D eigenvalue weighted by Gasteiger charge is 2.20. The Labute approximate surface area is 119 Å². The lowest BCUT2D eigenvalue weighted by Gasteiger charge is -2.19. The van der Waals surface area contributed by atoms with E-state index in [1.54, 1.807) is 6.20 Å². The van der Waals surface area contributed by atoms with Crippen LogP contribution in [-0.4, -0.2) is 19.7 Å². The average Bonchev–Trinajstić information content (AvgIpc) is 2.75. The topological polar surface area (TPSA) is 81.7 Å². The predicted octanol–water partition coefficient (Wildman–Crippen LogP) is 2.01. The number of nitrogen functional groups attached to an aromatic ring is 1. The van der Waals surface area contributed by atoms with Gasteiger partial charge in [0.15, 0.2) is 0 Å². The van der Waals surface area contributed by atoms with Gasteiger partial charge in [-0.1, -0.05) is 20.8 Å². The second kappa shape index (κ2) is 5.11. The lowest BCUT2D eigenvalue weighted by molar-refractivity contribution is 0.546. The fraction of sp³-hybridized carbons (Fsp3) is 0.500. The van der Waals surface area contributed by atoms with Crippen LogP contribution in [0, 0.1) is 6.92 Å². The van der Waals surface area contributed by atoms with Crippen molar-refractivity contribution in [1.82, 2.24) is 19.7 Å². The van der Waals surface area contributed by atoms with Crippen molar-refractivity contribution in [1.29, 1.82) is 0 Å². The van der Waals surface area contributed by atoms with E-state index in [9.17, 15) is 0 Å². The molecule has 2 aromatic heterocycles. The van der Waals surface area contributed by atoms with Crippen LogP contribution < -0.4 is 11.1 Å². The van der Waals surface area contributed by atoms with Gasteiger partial charge < -0.3 is 11.1 Å².